The van der Waals surface area contributed by atoms with Gasteiger partial charge in [0.25, 0.3) is 5.88 Å². The molecule has 0 radical (unpaired) electrons. The molecule has 0 N–H and O–H groups in total. The first-order chi connectivity index (χ1) is 14.2. The fourth-order valence-corrected chi connectivity index (χ4v) is 4.39. The summed E-state index contributed by atoms with van der Waals surface area (Å²) in [6, 6.07) is 2.16. The molecule has 29 heavy (non-hydrogen) atoms. The van der Waals surface area contributed by atoms with Gasteiger partial charge in [-0.3, -0.25) is 9.59 Å². The first kappa shape index (κ1) is 19.6. The molecular weight excluding hydrogens is 374 g/mol. The van der Waals surface area contributed by atoms with Crippen molar-refractivity contribution < 1.29 is 19.1 Å². The lowest BCUT2D eigenvalue weighted by Gasteiger charge is -2.34. The summed E-state index contributed by atoms with van der Waals surface area (Å²) in [5, 5.41) is 9.15. The van der Waals surface area contributed by atoms with E-state index in [0.29, 0.717) is 32.8 Å². The molecule has 9 nitrogen and oxygen atoms in total. The van der Waals surface area contributed by atoms with Crippen molar-refractivity contribution in [3.05, 3.63) is 18.1 Å². The molecule has 0 unspecified atom stereocenters. The average Bonchev–Trinajstić information content (AvgIpc) is 3.16. The quantitative estimate of drug-likeness (QED) is 0.735. The molecular formula is C20H25N5O4. The summed E-state index contributed by atoms with van der Waals surface area (Å²) in [5.41, 5.74) is 0.143. The van der Waals surface area contributed by atoms with Crippen LogP contribution in [0.15, 0.2) is 12.4 Å². The summed E-state index contributed by atoms with van der Waals surface area (Å²) in [7, 11) is 0. The highest BCUT2D eigenvalue weighted by Gasteiger charge is 2.40. The number of amides is 2. The Hall–Kier alpha value is -2.73. The number of hydrogen-bond donors (Lipinski definition) is 0. The van der Waals surface area contributed by atoms with Crippen LogP contribution >= 0.6 is 0 Å². The first-order valence-electron chi connectivity index (χ1n) is 10.2. The maximum absolute atomic E-state index is 13.1. The number of rotatable bonds is 4. The zero-order valence-electron chi connectivity index (χ0n) is 16.3. The normalized spacial score (nSPS) is 25.7. The van der Waals surface area contributed by atoms with Gasteiger partial charge < -0.3 is 19.3 Å². The molecule has 3 saturated heterocycles. The number of piperidine rings is 1. The molecule has 2 amide bonds. The predicted octanol–water partition coefficient (Wildman–Crippen LogP) is 0.746. The number of ether oxygens (including phenoxy) is 2. The predicted molar refractivity (Wildman–Crippen MR) is 101 cm³/mol. The molecule has 4 heterocycles. The summed E-state index contributed by atoms with van der Waals surface area (Å²) < 4.78 is 11.3. The van der Waals surface area contributed by atoms with E-state index in [1.807, 2.05) is 11.0 Å². The molecule has 0 bridgehead atoms. The lowest BCUT2D eigenvalue weighted by Crippen LogP contribution is -2.47. The van der Waals surface area contributed by atoms with E-state index in [0.717, 1.165) is 25.7 Å². The van der Waals surface area contributed by atoms with Gasteiger partial charge in [0.15, 0.2) is 0 Å². The van der Waals surface area contributed by atoms with E-state index < -0.39 is 0 Å². The minimum Gasteiger partial charge on any atom is -0.470 e. The van der Waals surface area contributed by atoms with Gasteiger partial charge in [-0.05, 0) is 25.7 Å². The topological polar surface area (TPSA) is 109 Å². The standard InChI is InChI=1S/C20H25N5O4/c21-11-17-19(23-6-5-22-17)29-16-2-1-7-24(13-16)20(27)14-10-18(26)25(12-14)15-3-8-28-9-4-15/h5-6,14-16H,1-4,7-10,12-13H2/t14-,16+/m0/s1. The Labute approximate surface area is 169 Å². The molecule has 4 rings (SSSR count). The van der Waals surface area contributed by atoms with Crippen LogP contribution in [0.1, 0.15) is 37.8 Å². The summed E-state index contributed by atoms with van der Waals surface area (Å²) in [4.78, 5) is 37.3. The van der Waals surface area contributed by atoms with Gasteiger partial charge in [0.05, 0.1) is 12.5 Å². The monoisotopic (exact) mass is 399 g/mol. The third-order valence-electron chi connectivity index (χ3n) is 5.88. The number of aromatic nitrogens is 2. The first-order valence-corrected chi connectivity index (χ1v) is 10.2. The number of nitrogens with zero attached hydrogens (tertiary/aromatic N) is 5. The molecule has 3 aliphatic rings. The van der Waals surface area contributed by atoms with E-state index in [1.54, 1.807) is 4.90 Å². The van der Waals surface area contributed by atoms with Crippen molar-refractivity contribution >= 4 is 11.8 Å². The second-order valence-electron chi connectivity index (χ2n) is 7.78. The van der Waals surface area contributed by atoms with Gasteiger partial charge in [0, 0.05) is 51.2 Å². The fourth-order valence-electron chi connectivity index (χ4n) is 4.39. The van der Waals surface area contributed by atoms with Crippen LogP contribution in [0.2, 0.25) is 0 Å². The van der Waals surface area contributed by atoms with E-state index >= 15 is 0 Å². The zero-order chi connectivity index (χ0) is 20.2. The largest absolute Gasteiger partial charge is 0.470 e. The van der Waals surface area contributed by atoms with Crippen LogP contribution in [0.3, 0.4) is 0 Å². The molecule has 0 aromatic carbocycles. The Bertz CT molecular complexity index is 804. The minimum absolute atomic E-state index is 0.0147. The SMILES string of the molecule is N#Cc1nccnc1O[C@@H]1CCCN(C(=O)[C@H]2CC(=O)N(C3CCOCC3)C2)C1. The van der Waals surface area contributed by atoms with Crippen molar-refractivity contribution in [2.45, 2.75) is 44.2 Å². The second kappa shape index (κ2) is 8.74. The van der Waals surface area contributed by atoms with Crippen LogP contribution in [0.4, 0.5) is 0 Å². The molecule has 0 spiro atoms. The van der Waals surface area contributed by atoms with Crippen molar-refractivity contribution in [1.82, 2.24) is 19.8 Å². The van der Waals surface area contributed by atoms with Gasteiger partial charge in [0.2, 0.25) is 17.5 Å². The Morgan fingerprint density at radius 1 is 1.21 bits per heavy atom. The maximum Gasteiger partial charge on any atom is 0.251 e. The van der Waals surface area contributed by atoms with E-state index in [9.17, 15) is 9.59 Å². The maximum atomic E-state index is 13.1. The molecule has 3 aliphatic heterocycles. The lowest BCUT2D eigenvalue weighted by atomic mass is 10.0. The molecule has 3 fully saturated rings. The third-order valence-corrected chi connectivity index (χ3v) is 5.88. The van der Waals surface area contributed by atoms with E-state index in [2.05, 4.69) is 9.97 Å². The average molecular weight is 399 g/mol. The molecule has 1 aromatic rings. The second-order valence-corrected chi connectivity index (χ2v) is 7.78. The molecule has 154 valence electrons. The van der Waals surface area contributed by atoms with Crippen molar-refractivity contribution in [1.29, 1.82) is 5.26 Å². The van der Waals surface area contributed by atoms with Gasteiger partial charge in [-0.1, -0.05) is 0 Å². The molecule has 0 aliphatic carbocycles. The molecule has 1 aromatic heterocycles. The summed E-state index contributed by atoms with van der Waals surface area (Å²) >= 11 is 0. The summed E-state index contributed by atoms with van der Waals surface area (Å²) in [5.74, 6) is -0.00883. The van der Waals surface area contributed by atoms with Crippen molar-refractivity contribution in [3.8, 4) is 11.9 Å². The summed E-state index contributed by atoms with van der Waals surface area (Å²) in [6.45, 7) is 2.93. The third kappa shape index (κ3) is 4.32. The van der Waals surface area contributed by atoms with E-state index in [-0.39, 0.29) is 47.9 Å². The van der Waals surface area contributed by atoms with Crippen LogP contribution < -0.4 is 4.74 Å². The highest BCUT2D eigenvalue weighted by molar-refractivity contribution is 5.89. The molecule has 0 saturated carbocycles. The Balaban J connectivity index is 1.36. The van der Waals surface area contributed by atoms with Gasteiger partial charge in [-0.2, -0.15) is 5.26 Å². The number of hydrogen-bond acceptors (Lipinski definition) is 7. The number of nitriles is 1. The zero-order valence-corrected chi connectivity index (χ0v) is 16.3. The smallest absolute Gasteiger partial charge is 0.251 e. The van der Waals surface area contributed by atoms with Gasteiger partial charge in [-0.25, -0.2) is 9.97 Å². The Kier molecular flexibility index (Phi) is 5.90. The number of carbonyl (C=O) groups is 2. The van der Waals surface area contributed by atoms with Crippen LogP contribution in [0, 0.1) is 17.2 Å². The van der Waals surface area contributed by atoms with Crippen LogP contribution in [0.5, 0.6) is 5.88 Å². The van der Waals surface area contributed by atoms with E-state index in [4.69, 9.17) is 14.7 Å². The Morgan fingerprint density at radius 2 is 2.00 bits per heavy atom. The molecule has 2 atom stereocenters. The number of carbonyl (C=O) groups excluding carboxylic acids is 2. The minimum atomic E-state index is -0.296. The van der Waals surface area contributed by atoms with Crippen molar-refractivity contribution in [3.63, 3.8) is 0 Å². The van der Waals surface area contributed by atoms with Crippen LogP contribution in [-0.2, 0) is 14.3 Å². The summed E-state index contributed by atoms with van der Waals surface area (Å²) in [6.07, 6.45) is 6.24. The van der Waals surface area contributed by atoms with Crippen LogP contribution in [-0.4, -0.2) is 76.6 Å². The van der Waals surface area contributed by atoms with Crippen molar-refractivity contribution in [2.24, 2.45) is 5.92 Å². The fraction of sp³-hybridized carbons (Fsp3) is 0.650. The van der Waals surface area contributed by atoms with Gasteiger partial charge in [0.1, 0.15) is 12.2 Å². The lowest BCUT2D eigenvalue weighted by molar-refractivity contribution is -0.138. The highest BCUT2D eigenvalue weighted by Crippen LogP contribution is 2.27. The van der Waals surface area contributed by atoms with E-state index in [1.165, 1.54) is 12.4 Å². The molecule has 9 heteroatoms. The Morgan fingerprint density at radius 3 is 2.79 bits per heavy atom. The number of likely N-dealkylation sites (tertiary alicyclic amines) is 2. The highest BCUT2D eigenvalue weighted by atomic mass is 16.5. The van der Waals surface area contributed by atoms with Gasteiger partial charge in [-0.15, -0.1) is 0 Å². The van der Waals surface area contributed by atoms with Gasteiger partial charge >= 0.3 is 0 Å². The van der Waals surface area contributed by atoms with Crippen LogP contribution in [0.25, 0.3) is 0 Å². The van der Waals surface area contributed by atoms with Crippen molar-refractivity contribution in [2.75, 3.05) is 32.8 Å².